The van der Waals surface area contributed by atoms with E-state index >= 15 is 0 Å². The van der Waals surface area contributed by atoms with Gasteiger partial charge in [0.2, 0.25) is 0 Å². The average Bonchev–Trinajstić information content (AvgIpc) is 2.26. The van der Waals surface area contributed by atoms with E-state index in [0.29, 0.717) is 0 Å². The molecule has 16 heavy (non-hydrogen) atoms. The molecule has 2 N–H and O–H groups in total. The number of hydrogen-bond donors (Lipinski definition) is 2. The van der Waals surface area contributed by atoms with Crippen molar-refractivity contribution in [2.24, 2.45) is 0 Å². The Kier molecular flexibility index (Phi) is 8.04. The molecule has 0 spiro atoms. The minimum atomic E-state index is -0.785. The fourth-order valence-electron chi connectivity index (χ4n) is 0.788. The summed E-state index contributed by atoms with van der Waals surface area (Å²) < 4.78 is 4.27. The number of nitrogens with zero attached hydrogens (tertiary/aromatic N) is 1. The van der Waals surface area contributed by atoms with Gasteiger partial charge in [-0.3, -0.25) is 0 Å². The highest BCUT2D eigenvalue weighted by Gasteiger charge is 2.08. The molecule has 0 saturated carbocycles. The summed E-state index contributed by atoms with van der Waals surface area (Å²) >= 11 is 0. The predicted octanol–water partition coefficient (Wildman–Crippen LogP) is -1.54. The van der Waals surface area contributed by atoms with E-state index in [9.17, 15) is 9.59 Å². The minimum absolute atomic E-state index is 0.0817. The van der Waals surface area contributed by atoms with Crippen LogP contribution in [0, 0.1) is 0 Å². The zero-order valence-electron chi connectivity index (χ0n) is 8.96. The summed E-state index contributed by atoms with van der Waals surface area (Å²) in [6.45, 7) is -0.265. The number of aliphatic hydroxyl groups is 2. The van der Waals surface area contributed by atoms with Gasteiger partial charge >= 0.3 is 11.9 Å². The standard InChI is InChI=1S/C9H15NO6/c1-15-8(13)2-3-9(14)16-10(4-6-11)5-7-12/h2-3,11-12H,4-7H2,1H3/b3-2-. The molecule has 0 heterocycles. The monoisotopic (exact) mass is 233 g/mol. The minimum Gasteiger partial charge on any atom is -0.466 e. The van der Waals surface area contributed by atoms with Crippen molar-refractivity contribution in [3.8, 4) is 0 Å². The summed E-state index contributed by atoms with van der Waals surface area (Å²) in [6, 6.07) is 0. The van der Waals surface area contributed by atoms with Gasteiger partial charge in [0.05, 0.1) is 33.4 Å². The summed E-state index contributed by atoms with van der Waals surface area (Å²) in [4.78, 5) is 26.5. The number of methoxy groups -OCH3 is 1. The van der Waals surface area contributed by atoms with Gasteiger partial charge in [0.1, 0.15) is 0 Å². The molecule has 92 valence electrons. The molecule has 0 unspecified atom stereocenters. The van der Waals surface area contributed by atoms with Crippen LogP contribution in [0.3, 0.4) is 0 Å². The molecule has 0 aliphatic carbocycles. The molecule has 0 amide bonds. The van der Waals surface area contributed by atoms with E-state index in [1.54, 1.807) is 0 Å². The zero-order valence-corrected chi connectivity index (χ0v) is 8.96. The average molecular weight is 233 g/mol. The molecule has 0 radical (unpaired) electrons. The van der Waals surface area contributed by atoms with Crippen molar-refractivity contribution >= 4 is 11.9 Å². The molecule has 0 aliphatic rings. The maximum Gasteiger partial charge on any atom is 0.349 e. The van der Waals surface area contributed by atoms with Gasteiger partial charge in [-0.05, 0) is 0 Å². The Morgan fingerprint density at radius 3 is 2.06 bits per heavy atom. The highest BCUT2D eigenvalue weighted by atomic mass is 16.7. The molecule has 0 atom stereocenters. The van der Waals surface area contributed by atoms with E-state index in [-0.39, 0.29) is 26.3 Å². The molecular weight excluding hydrogens is 218 g/mol. The van der Waals surface area contributed by atoms with Crippen molar-refractivity contribution in [1.82, 2.24) is 5.06 Å². The van der Waals surface area contributed by atoms with Gasteiger partial charge in [-0.15, -0.1) is 5.06 Å². The van der Waals surface area contributed by atoms with Crippen LogP contribution in [0.5, 0.6) is 0 Å². The second kappa shape index (κ2) is 8.84. The third-order valence-electron chi connectivity index (χ3n) is 1.47. The van der Waals surface area contributed by atoms with Crippen LogP contribution in [0.2, 0.25) is 0 Å². The van der Waals surface area contributed by atoms with Crippen molar-refractivity contribution in [2.75, 3.05) is 33.4 Å². The van der Waals surface area contributed by atoms with E-state index in [1.807, 2.05) is 0 Å². The maximum absolute atomic E-state index is 11.1. The SMILES string of the molecule is COC(=O)/C=C\C(=O)ON(CCO)CCO. The molecule has 0 aromatic rings. The summed E-state index contributed by atoms with van der Waals surface area (Å²) in [5, 5.41) is 18.3. The van der Waals surface area contributed by atoms with Crippen LogP contribution in [0.25, 0.3) is 0 Å². The highest BCUT2D eigenvalue weighted by molar-refractivity contribution is 5.91. The van der Waals surface area contributed by atoms with Gasteiger partial charge in [-0.25, -0.2) is 9.59 Å². The predicted molar refractivity (Wildman–Crippen MR) is 53.0 cm³/mol. The molecule has 0 fully saturated rings. The normalized spacial score (nSPS) is 10.8. The third-order valence-corrected chi connectivity index (χ3v) is 1.47. The maximum atomic E-state index is 11.1. The number of aliphatic hydroxyl groups excluding tert-OH is 2. The van der Waals surface area contributed by atoms with Crippen molar-refractivity contribution in [1.29, 1.82) is 0 Å². The fourth-order valence-corrected chi connectivity index (χ4v) is 0.788. The van der Waals surface area contributed by atoms with Crippen molar-refractivity contribution in [2.45, 2.75) is 0 Å². The molecular formula is C9H15NO6. The van der Waals surface area contributed by atoms with Crippen LogP contribution < -0.4 is 0 Å². The first-order valence-electron chi connectivity index (χ1n) is 4.58. The van der Waals surface area contributed by atoms with Gasteiger partial charge in [0, 0.05) is 12.2 Å². The Balaban J connectivity index is 4.08. The first-order chi connectivity index (χ1) is 7.63. The Morgan fingerprint density at radius 2 is 1.62 bits per heavy atom. The lowest BCUT2D eigenvalue weighted by atomic mass is 10.5. The van der Waals surface area contributed by atoms with Gasteiger partial charge in [-0.1, -0.05) is 0 Å². The van der Waals surface area contributed by atoms with Crippen molar-refractivity contribution in [3.05, 3.63) is 12.2 Å². The summed E-state index contributed by atoms with van der Waals surface area (Å²) in [5.41, 5.74) is 0. The first-order valence-corrected chi connectivity index (χ1v) is 4.58. The lowest BCUT2D eigenvalue weighted by molar-refractivity contribution is -0.187. The number of hydrogen-bond acceptors (Lipinski definition) is 7. The largest absolute Gasteiger partial charge is 0.466 e. The van der Waals surface area contributed by atoms with Gasteiger partial charge in [0.15, 0.2) is 0 Å². The van der Waals surface area contributed by atoms with Crippen LogP contribution in [0.1, 0.15) is 0 Å². The number of rotatable bonds is 7. The van der Waals surface area contributed by atoms with E-state index in [4.69, 9.17) is 15.1 Å². The molecule has 0 aromatic heterocycles. The smallest absolute Gasteiger partial charge is 0.349 e. The summed E-state index contributed by atoms with van der Waals surface area (Å²) in [5.74, 6) is -1.46. The molecule has 7 nitrogen and oxygen atoms in total. The van der Waals surface area contributed by atoms with Crippen LogP contribution in [0.4, 0.5) is 0 Å². The molecule has 0 rings (SSSR count). The lowest BCUT2D eigenvalue weighted by Gasteiger charge is -2.17. The third kappa shape index (κ3) is 6.93. The molecule has 0 aliphatic heterocycles. The Morgan fingerprint density at radius 1 is 1.12 bits per heavy atom. The Bertz CT molecular complexity index is 246. The van der Waals surface area contributed by atoms with Crippen LogP contribution >= 0.6 is 0 Å². The topological polar surface area (TPSA) is 96.3 Å². The zero-order chi connectivity index (χ0) is 12.4. The summed E-state index contributed by atoms with van der Waals surface area (Å²) in [6.07, 6.45) is 1.81. The number of esters is 1. The molecule has 0 bridgehead atoms. The van der Waals surface area contributed by atoms with Gasteiger partial charge in [0.25, 0.3) is 0 Å². The molecule has 7 heteroatoms. The van der Waals surface area contributed by atoms with E-state index in [2.05, 4.69) is 4.74 Å². The van der Waals surface area contributed by atoms with E-state index < -0.39 is 11.9 Å². The quantitative estimate of drug-likeness (QED) is 0.312. The summed E-state index contributed by atoms with van der Waals surface area (Å²) in [7, 11) is 1.18. The number of ether oxygens (including phenoxy) is 1. The fraction of sp³-hybridized carbons (Fsp3) is 0.556. The Labute approximate surface area is 92.8 Å². The number of carbonyl (C=O) groups is 2. The second-order valence-electron chi connectivity index (χ2n) is 2.64. The molecule has 0 saturated heterocycles. The number of hydroxylamine groups is 2. The van der Waals surface area contributed by atoms with Gasteiger partial charge in [-0.2, -0.15) is 0 Å². The molecule has 0 aromatic carbocycles. The second-order valence-corrected chi connectivity index (χ2v) is 2.64. The van der Waals surface area contributed by atoms with Crippen LogP contribution in [-0.4, -0.2) is 60.6 Å². The Hall–Kier alpha value is -1.44. The van der Waals surface area contributed by atoms with E-state index in [1.165, 1.54) is 7.11 Å². The first kappa shape index (κ1) is 14.6. The van der Waals surface area contributed by atoms with Gasteiger partial charge < -0.3 is 19.8 Å². The lowest BCUT2D eigenvalue weighted by Crippen LogP contribution is -2.32. The van der Waals surface area contributed by atoms with Crippen LogP contribution in [0.15, 0.2) is 12.2 Å². The van der Waals surface area contributed by atoms with Crippen LogP contribution in [-0.2, 0) is 19.2 Å². The van der Waals surface area contributed by atoms with Crippen molar-refractivity contribution < 1.29 is 29.4 Å². The highest BCUT2D eigenvalue weighted by Crippen LogP contribution is 1.92. The van der Waals surface area contributed by atoms with Crippen molar-refractivity contribution in [3.63, 3.8) is 0 Å². The van der Waals surface area contributed by atoms with E-state index in [0.717, 1.165) is 17.2 Å². The number of carbonyl (C=O) groups excluding carboxylic acids is 2.